The van der Waals surface area contributed by atoms with Crippen LogP contribution in [0.25, 0.3) is 0 Å². The van der Waals surface area contributed by atoms with Crippen molar-refractivity contribution in [3.63, 3.8) is 0 Å². The summed E-state index contributed by atoms with van der Waals surface area (Å²) in [6.45, 7) is 1.05. The number of hydrogen-bond acceptors (Lipinski definition) is 3. The largest absolute Gasteiger partial charge is 0.314 e. The van der Waals surface area contributed by atoms with Gasteiger partial charge < -0.3 is 5.32 Å². The van der Waals surface area contributed by atoms with Gasteiger partial charge in [-0.05, 0) is 48.2 Å². The zero-order chi connectivity index (χ0) is 10.5. The van der Waals surface area contributed by atoms with Crippen LogP contribution in [0.5, 0.6) is 0 Å². The van der Waals surface area contributed by atoms with Crippen molar-refractivity contribution in [1.29, 1.82) is 0 Å². The highest BCUT2D eigenvalue weighted by Crippen LogP contribution is 2.10. The number of nitrogens with one attached hydrogen (secondary N) is 1. The molecule has 2 nitrogen and oxygen atoms in total. The van der Waals surface area contributed by atoms with Crippen molar-refractivity contribution in [3.05, 3.63) is 22.4 Å². The van der Waals surface area contributed by atoms with Gasteiger partial charge in [-0.1, -0.05) is 0 Å². The maximum Gasteiger partial charge on any atom is 0.0249 e. The Balaban J connectivity index is 1.64. The van der Waals surface area contributed by atoms with Gasteiger partial charge >= 0.3 is 0 Å². The molecule has 2 heterocycles. The summed E-state index contributed by atoms with van der Waals surface area (Å²) in [4.78, 5) is 0. The maximum atomic E-state index is 11.2. The van der Waals surface area contributed by atoms with E-state index < -0.39 is 10.8 Å². The van der Waals surface area contributed by atoms with Gasteiger partial charge in [-0.25, -0.2) is 0 Å². The van der Waals surface area contributed by atoms with Gasteiger partial charge in [0, 0.05) is 28.3 Å². The van der Waals surface area contributed by atoms with Crippen LogP contribution in [0.2, 0.25) is 0 Å². The lowest BCUT2D eigenvalue weighted by atomic mass is 10.1. The average molecular weight is 243 g/mol. The minimum Gasteiger partial charge on any atom is -0.314 e. The van der Waals surface area contributed by atoms with Crippen LogP contribution in [0.15, 0.2) is 16.8 Å². The van der Waals surface area contributed by atoms with Gasteiger partial charge in [-0.2, -0.15) is 11.3 Å². The Morgan fingerprint density at radius 3 is 2.93 bits per heavy atom. The van der Waals surface area contributed by atoms with Gasteiger partial charge in [0.25, 0.3) is 0 Å². The molecule has 1 aromatic heterocycles. The first-order valence-electron chi connectivity index (χ1n) is 5.44. The molecule has 0 amide bonds. The smallest absolute Gasteiger partial charge is 0.0249 e. The van der Waals surface area contributed by atoms with E-state index in [9.17, 15) is 4.21 Å². The average Bonchev–Trinajstić information content (AvgIpc) is 2.74. The van der Waals surface area contributed by atoms with E-state index in [1.54, 1.807) is 11.3 Å². The Morgan fingerprint density at radius 1 is 1.47 bits per heavy atom. The normalized spacial score (nSPS) is 26.7. The molecule has 0 unspecified atom stereocenters. The van der Waals surface area contributed by atoms with Crippen LogP contribution in [0.1, 0.15) is 18.4 Å². The molecule has 15 heavy (non-hydrogen) atoms. The van der Waals surface area contributed by atoms with Crippen molar-refractivity contribution in [2.24, 2.45) is 0 Å². The molecule has 1 N–H and O–H groups in total. The molecule has 1 fully saturated rings. The van der Waals surface area contributed by atoms with Gasteiger partial charge in [0.1, 0.15) is 0 Å². The molecule has 0 spiro atoms. The molecule has 0 aliphatic carbocycles. The van der Waals surface area contributed by atoms with Crippen molar-refractivity contribution < 1.29 is 4.21 Å². The molecule has 1 aliphatic heterocycles. The fourth-order valence-electron chi connectivity index (χ4n) is 1.85. The van der Waals surface area contributed by atoms with Crippen molar-refractivity contribution in [3.8, 4) is 0 Å². The Morgan fingerprint density at radius 2 is 2.27 bits per heavy atom. The highest BCUT2D eigenvalue weighted by Gasteiger charge is 2.16. The highest BCUT2D eigenvalue weighted by atomic mass is 32.2. The van der Waals surface area contributed by atoms with Crippen molar-refractivity contribution in [2.75, 3.05) is 18.1 Å². The Hall–Kier alpha value is -0.190. The van der Waals surface area contributed by atoms with Crippen LogP contribution < -0.4 is 5.32 Å². The lowest BCUT2D eigenvalue weighted by Crippen LogP contribution is -2.36. The molecule has 2 rings (SSSR count). The van der Waals surface area contributed by atoms with E-state index in [1.807, 2.05) is 0 Å². The van der Waals surface area contributed by atoms with Crippen LogP contribution >= 0.6 is 11.3 Å². The molecule has 1 aliphatic rings. The monoisotopic (exact) mass is 243 g/mol. The summed E-state index contributed by atoms with van der Waals surface area (Å²) in [5, 5.41) is 7.88. The van der Waals surface area contributed by atoms with E-state index in [0.717, 1.165) is 37.3 Å². The number of hydrogen-bond donors (Lipinski definition) is 1. The van der Waals surface area contributed by atoms with Gasteiger partial charge in [-0.3, -0.25) is 4.21 Å². The predicted molar refractivity (Wildman–Crippen MR) is 66.9 cm³/mol. The molecule has 84 valence electrons. The maximum absolute atomic E-state index is 11.2. The first-order chi connectivity index (χ1) is 7.34. The molecule has 1 saturated heterocycles. The van der Waals surface area contributed by atoms with Crippen LogP contribution in [0.3, 0.4) is 0 Å². The Bertz CT molecular complexity index is 300. The van der Waals surface area contributed by atoms with E-state index in [2.05, 4.69) is 22.1 Å². The zero-order valence-corrected chi connectivity index (χ0v) is 10.4. The minimum atomic E-state index is -0.534. The third-order valence-corrected chi connectivity index (χ3v) is 4.93. The topological polar surface area (TPSA) is 29.1 Å². The zero-order valence-electron chi connectivity index (χ0n) is 8.78. The van der Waals surface area contributed by atoms with Crippen LogP contribution in [-0.2, 0) is 17.2 Å². The van der Waals surface area contributed by atoms with E-state index in [-0.39, 0.29) is 0 Å². The summed E-state index contributed by atoms with van der Waals surface area (Å²) < 4.78 is 11.2. The van der Waals surface area contributed by atoms with Crippen LogP contribution in [0.4, 0.5) is 0 Å². The molecule has 4 heteroatoms. The second-order valence-corrected chi connectivity index (χ2v) is 6.43. The number of rotatable bonds is 4. The third kappa shape index (κ3) is 3.70. The van der Waals surface area contributed by atoms with E-state index >= 15 is 0 Å². The second-order valence-electron chi connectivity index (χ2n) is 3.96. The molecular weight excluding hydrogens is 226 g/mol. The SMILES string of the molecule is O=S1CCC(NCCc2ccsc2)CC1. The summed E-state index contributed by atoms with van der Waals surface area (Å²) in [7, 11) is -0.534. The van der Waals surface area contributed by atoms with Crippen molar-refractivity contribution >= 4 is 22.1 Å². The second kappa shape index (κ2) is 5.77. The summed E-state index contributed by atoms with van der Waals surface area (Å²) >= 11 is 1.76. The van der Waals surface area contributed by atoms with E-state index in [0.29, 0.717) is 6.04 Å². The lowest BCUT2D eigenvalue weighted by Gasteiger charge is -2.22. The van der Waals surface area contributed by atoms with Crippen LogP contribution in [-0.4, -0.2) is 28.3 Å². The summed E-state index contributed by atoms with van der Waals surface area (Å²) in [5.41, 5.74) is 1.42. The lowest BCUT2D eigenvalue weighted by molar-refractivity contribution is 0.479. The van der Waals surface area contributed by atoms with E-state index in [1.165, 1.54) is 5.56 Å². The summed E-state index contributed by atoms with van der Waals surface area (Å²) in [5.74, 6) is 1.77. The molecular formula is C11H17NOS2. The van der Waals surface area contributed by atoms with Crippen LogP contribution in [0, 0.1) is 0 Å². The van der Waals surface area contributed by atoms with E-state index in [4.69, 9.17) is 0 Å². The minimum absolute atomic E-state index is 0.534. The van der Waals surface area contributed by atoms with Crippen molar-refractivity contribution in [2.45, 2.75) is 25.3 Å². The number of thiophene rings is 1. The fraction of sp³-hybridized carbons (Fsp3) is 0.636. The molecule has 0 atom stereocenters. The molecule has 0 bridgehead atoms. The molecule has 0 radical (unpaired) electrons. The van der Waals surface area contributed by atoms with Gasteiger partial charge in [0.05, 0.1) is 0 Å². The Labute approximate surface area is 97.5 Å². The Kier molecular flexibility index (Phi) is 4.35. The fourth-order valence-corrected chi connectivity index (χ4v) is 3.86. The standard InChI is InChI=1S/C11H17NOS2/c13-15-7-3-11(4-8-15)12-5-1-10-2-6-14-9-10/h2,6,9,11-12H,1,3-5,7-8H2. The first-order valence-corrected chi connectivity index (χ1v) is 7.87. The molecule has 0 aromatic carbocycles. The van der Waals surface area contributed by atoms with Crippen molar-refractivity contribution in [1.82, 2.24) is 5.32 Å². The van der Waals surface area contributed by atoms with Gasteiger partial charge in [0.15, 0.2) is 0 Å². The van der Waals surface area contributed by atoms with Gasteiger partial charge in [0.2, 0.25) is 0 Å². The third-order valence-electron chi connectivity index (χ3n) is 2.81. The summed E-state index contributed by atoms with van der Waals surface area (Å²) in [6, 6.07) is 2.78. The molecule has 1 aromatic rings. The van der Waals surface area contributed by atoms with Gasteiger partial charge in [-0.15, -0.1) is 0 Å². The highest BCUT2D eigenvalue weighted by molar-refractivity contribution is 7.85. The molecule has 0 saturated carbocycles. The first kappa shape index (κ1) is 11.3. The predicted octanol–water partition coefficient (Wildman–Crippen LogP) is 1.79. The summed E-state index contributed by atoms with van der Waals surface area (Å²) in [6.07, 6.45) is 3.27. The quantitative estimate of drug-likeness (QED) is 0.873.